The Hall–Kier alpha value is -0.300. The van der Waals surface area contributed by atoms with Gasteiger partial charge in [-0.25, -0.2) is 0 Å². The summed E-state index contributed by atoms with van der Waals surface area (Å²) in [7, 11) is 2.01. The molecule has 0 rings (SSSR count). The summed E-state index contributed by atoms with van der Waals surface area (Å²) in [5, 5.41) is 3.29. The lowest BCUT2D eigenvalue weighted by molar-refractivity contribution is 0.427. The van der Waals surface area contributed by atoms with Gasteiger partial charge in [-0.1, -0.05) is 38.8 Å². The van der Waals surface area contributed by atoms with E-state index in [-0.39, 0.29) is 0 Å². The maximum absolute atomic E-state index is 3.98. The van der Waals surface area contributed by atoms with Crippen LogP contribution >= 0.6 is 0 Å². The molecule has 72 valence electrons. The van der Waals surface area contributed by atoms with Crippen molar-refractivity contribution in [1.29, 1.82) is 0 Å². The van der Waals surface area contributed by atoms with Crippen molar-refractivity contribution < 1.29 is 0 Å². The molecule has 12 heavy (non-hydrogen) atoms. The van der Waals surface area contributed by atoms with Crippen molar-refractivity contribution >= 4 is 0 Å². The van der Waals surface area contributed by atoms with Gasteiger partial charge in [-0.2, -0.15) is 0 Å². The van der Waals surface area contributed by atoms with E-state index in [1.807, 2.05) is 7.05 Å². The van der Waals surface area contributed by atoms with Gasteiger partial charge >= 0.3 is 0 Å². The molecule has 0 bridgehead atoms. The van der Waals surface area contributed by atoms with Crippen LogP contribution in [0.1, 0.15) is 40.0 Å². The zero-order chi connectivity index (χ0) is 9.56. The summed E-state index contributed by atoms with van der Waals surface area (Å²) in [6.07, 6.45) is 3.83. The highest BCUT2D eigenvalue weighted by atomic mass is 14.9. The van der Waals surface area contributed by atoms with Crippen LogP contribution in [0.15, 0.2) is 12.2 Å². The van der Waals surface area contributed by atoms with E-state index in [9.17, 15) is 0 Å². The molecule has 2 atom stereocenters. The lowest BCUT2D eigenvalue weighted by Crippen LogP contribution is -2.28. The molecule has 0 aromatic carbocycles. The molecule has 0 aliphatic carbocycles. The average Bonchev–Trinajstić information content (AvgIpc) is 2.00. The molecule has 0 aliphatic rings. The van der Waals surface area contributed by atoms with E-state index in [1.165, 1.54) is 24.8 Å². The lowest BCUT2D eigenvalue weighted by Gasteiger charge is -2.20. The standard InChI is InChI=1S/C11H23N/c1-6-7-10(4)8-11(12-5)9(2)3/h10-12H,2,6-8H2,1,3-5H3. The van der Waals surface area contributed by atoms with Crippen LogP contribution in [0.3, 0.4) is 0 Å². The fourth-order valence-electron chi connectivity index (χ4n) is 1.58. The summed E-state index contributed by atoms with van der Waals surface area (Å²) in [4.78, 5) is 0. The summed E-state index contributed by atoms with van der Waals surface area (Å²) in [6.45, 7) is 10.6. The van der Waals surface area contributed by atoms with Crippen LogP contribution in [-0.4, -0.2) is 13.1 Å². The second-order valence-corrected chi connectivity index (χ2v) is 3.82. The van der Waals surface area contributed by atoms with E-state index >= 15 is 0 Å². The van der Waals surface area contributed by atoms with E-state index in [1.54, 1.807) is 0 Å². The van der Waals surface area contributed by atoms with Gasteiger partial charge in [0.1, 0.15) is 0 Å². The van der Waals surface area contributed by atoms with Crippen molar-refractivity contribution in [1.82, 2.24) is 5.32 Å². The van der Waals surface area contributed by atoms with Crippen LogP contribution in [0.4, 0.5) is 0 Å². The van der Waals surface area contributed by atoms with Crippen molar-refractivity contribution in [2.24, 2.45) is 5.92 Å². The first-order chi connectivity index (χ1) is 5.61. The first-order valence-electron chi connectivity index (χ1n) is 4.94. The zero-order valence-corrected chi connectivity index (χ0v) is 8.98. The first-order valence-corrected chi connectivity index (χ1v) is 4.94. The molecule has 1 N–H and O–H groups in total. The summed E-state index contributed by atoms with van der Waals surface area (Å²) in [5.74, 6) is 0.809. The predicted octanol–water partition coefficient (Wildman–Crippen LogP) is 2.98. The molecule has 0 amide bonds. The zero-order valence-electron chi connectivity index (χ0n) is 8.98. The van der Waals surface area contributed by atoms with Crippen LogP contribution in [-0.2, 0) is 0 Å². The first kappa shape index (κ1) is 11.7. The molecular formula is C11H23N. The molecule has 0 spiro atoms. The Bertz CT molecular complexity index is 129. The van der Waals surface area contributed by atoms with Crippen LogP contribution in [0.5, 0.6) is 0 Å². The molecule has 0 radical (unpaired) electrons. The molecule has 0 heterocycles. The summed E-state index contributed by atoms with van der Waals surface area (Å²) in [5.41, 5.74) is 1.25. The van der Waals surface area contributed by atoms with Crippen LogP contribution < -0.4 is 5.32 Å². The Balaban J connectivity index is 3.77. The Morgan fingerprint density at radius 1 is 1.50 bits per heavy atom. The molecule has 0 fully saturated rings. The Labute approximate surface area is 77.2 Å². The molecule has 0 aliphatic heterocycles. The number of nitrogens with one attached hydrogen (secondary N) is 1. The third-order valence-electron chi connectivity index (χ3n) is 2.36. The smallest absolute Gasteiger partial charge is 0.0273 e. The van der Waals surface area contributed by atoms with Crippen LogP contribution in [0, 0.1) is 5.92 Å². The van der Waals surface area contributed by atoms with Gasteiger partial charge in [-0.3, -0.25) is 0 Å². The molecule has 2 unspecified atom stereocenters. The van der Waals surface area contributed by atoms with Crippen molar-refractivity contribution in [3.63, 3.8) is 0 Å². The quantitative estimate of drug-likeness (QED) is 0.603. The highest BCUT2D eigenvalue weighted by molar-refractivity contribution is 5.01. The maximum atomic E-state index is 3.98. The van der Waals surface area contributed by atoms with E-state index < -0.39 is 0 Å². The molecular weight excluding hydrogens is 146 g/mol. The van der Waals surface area contributed by atoms with Gasteiger partial charge in [0.25, 0.3) is 0 Å². The van der Waals surface area contributed by atoms with Gasteiger partial charge in [0.05, 0.1) is 0 Å². The van der Waals surface area contributed by atoms with E-state index in [4.69, 9.17) is 0 Å². The van der Waals surface area contributed by atoms with Crippen LogP contribution in [0.2, 0.25) is 0 Å². The minimum atomic E-state index is 0.506. The molecule has 0 saturated heterocycles. The topological polar surface area (TPSA) is 12.0 Å². The number of rotatable bonds is 6. The molecule has 0 aromatic heterocycles. The van der Waals surface area contributed by atoms with Crippen molar-refractivity contribution in [3.8, 4) is 0 Å². The minimum absolute atomic E-state index is 0.506. The van der Waals surface area contributed by atoms with E-state index in [2.05, 4.69) is 32.7 Å². The third kappa shape index (κ3) is 4.55. The van der Waals surface area contributed by atoms with Crippen molar-refractivity contribution in [2.75, 3.05) is 7.05 Å². The molecule has 1 heteroatoms. The van der Waals surface area contributed by atoms with Gasteiger partial charge in [0, 0.05) is 6.04 Å². The summed E-state index contributed by atoms with van der Waals surface area (Å²) >= 11 is 0. The Kier molecular flexibility index (Phi) is 6.09. The second-order valence-electron chi connectivity index (χ2n) is 3.82. The largest absolute Gasteiger partial charge is 0.313 e. The Morgan fingerprint density at radius 2 is 2.08 bits per heavy atom. The number of likely N-dealkylation sites (N-methyl/N-ethyl adjacent to an activating group) is 1. The van der Waals surface area contributed by atoms with Gasteiger partial charge in [-0.15, -0.1) is 0 Å². The SMILES string of the molecule is C=C(C)C(CC(C)CCC)NC. The minimum Gasteiger partial charge on any atom is -0.313 e. The highest BCUT2D eigenvalue weighted by Gasteiger charge is 2.10. The fraction of sp³-hybridized carbons (Fsp3) is 0.818. The number of hydrogen-bond donors (Lipinski definition) is 1. The maximum Gasteiger partial charge on any atom is 0.0273 e. The predicted molar refractivity (Wildman–Crippen MR) is 56.4 cm³/mol. The monoisotopic (exact) mass is 169 g/mol. The van der Waals surface area contributed by atoms with Gasteiger partial charge in [-0.05, 0) is 26.3 Å². The normalized spacial score (nSPS) is 15.7. The molecule has 0 aromatic rings. The van der Waals surface area contributed by atoms with E-state index in [0.717, 1.165) is 5.92 Å². The molecule has 0 saturated carbocycles. The lowest BCUT2D eigenvalue weighted by atomic mass is 9.94. The highest BCUT2D eigenvalue weighted by Crippen LogP contribution is 2.15. The average molecular weight is 169 g/mol. The Morgan fingerprint density at radius 3 is 2.42 bits per heavy atom. The van der Waals surface area contributed by atoms with E-state index in [0.29, 0.717) is 6.04 Å². The van der Waals surface area contributed by atoms with Crippen LogP contribution in [0.25, 0.3) is 0 Å². The van der Waals surface area contributed by atoms with Gasteiger partial charge in [0.2, 0.25) is 0 Å². The summed E-state index contributed by atoms with van der Waals surface area (Å²) in [6, 6.07) is 0.506. The van der Waals surface area contributed by atoms with Gasteiger partial charge in [0.15, 0.2) is 0 Å². The molecule has 1 nitrogen and oxygen atoms in total. The van der Waals surface area contributed by atoms with Crippen molar-refractivity contribution in [3.05, 3.63) is 12.2 Å². The third-order valence-corrected chi connectivity index (χ3v) is 2.36. The fourth-order valence-corrected chi connectivity index (χ4v) is 1.58. The second kappa shape index (κ2) is 6.24. The van der Waals surface area contributed by atoms with Gasteiger partial charge < -0.3 is 5.32 Å². The summed E-state index contributed by atoms with van der Waals surface area (Å²) < 4.78 is 0. The van der Waals surface area contributed by atoms with Crippen molar-refractivity contribution in [2.45, 2.75) is 46.1 Å². The number of hydrogen-bond acceptors (Lipinski definition) is 1.